The number of nitrogen functional groups attached to an aromatic ring is 1. The van der Waals surface area contributed by atoms with E-state index in [2.05, 4.69) is 21.6 Å². The highest BCUT2D eigenvalue weighted by Gasteiger charge is 2.02. The number of benzene rings is 1. The Morgan fingerprint density at radius 3 is 3.00 bits per heavy atom. The summed E-state index contributed by atoms with van der Waals surface area (Å²) in [5.41, 5.74) is 8.27. The molecule has 0 saturated heterocycles. The predicted octanol–water partition coefficient (Wildman–Crippen LogP) is 1.12. The van der Waals surface area contributed by atoms with Gasteiger partial charge in [0.05, 0.1) is 12.5 Å². The van der Waals surface area contributed by atoms with Crippen molar-refractivity contribution in [2.75, 3.05) is 17.6 Å². The molecular formula is C13H16N6. The highest BCUT2D eigenvalue weighted by Crippen LogP contribution is 2.18. The number of aryl methyl sites for hydroxylation is 1. The largest absolute Gasteiger partial charge is 0.398 e. The second kappa shape index (κ2) is 5.87. The van der Waals surface area contributed by atoms with Crippen LogP contribution < -0.4 is 11.1 Å². The molecule has 0 saturated carbocycles. The van der Waals surface area contributed by atoms with Gasteiger partial charge in [-0.25, -0.2) is 0 Å². The summed E-state index contributed by atoms with van der Waals surface area (Å²) in [6.45, 7) is 0.752. The third-order valence-corrected chi connectivity index (χ3v) is 2.90. The van der Waals surface area contributed by atoms with E-state index in [0.717, 1.165) is 30.0 Å². The fourth-order valence-electron chi connectivity index (χ4n) is 1.81. The van der Waals surface area contributed by atoms with Crippen molar-refractivity contribution in [2.45, 2.75) is 12.8 Å². The Morgan fingerprint density at radius 1 is 1.47 bits per heavy atom. The molecule has 0 aliphatic heterocycles. The first-order valence-electron chi connectivity index (χ1n) is 6.03. The van der Waals surface area contributed by atoms with E-state index in [1.807, 2.05) is 29.8 Å². The molecule has 0 atom stereocenters. The molecule has 3 N–H and O–H groups in total. The zero-order chi connectivity index (χ0) is 13.7. The van der Waals surface area contributed by atoms with Crippen LogP contribution in [-0.4, -0.2) is 21.3 Å². The lowest BCUT2D eigenvalue weighted by atomic mass is 10.1. The summed E-state index contributed by atoms with van der Waals surface area (Å²) < 4.78 is 1.89. The van der Waals surface area contributed by atoms with Gasteiger partial charge in [0.25, 0.3) is 0 Å². The average molecular weight is 256 g/mol. The maximum atomic E-state index is 8.72. The Bertz CT molecular complexity index is 595. The molecule has 6 nitrogen and oxygen atoms in total. The summed E-state index contributed by atoms with van der Waals surface area (Å²) in [6, 6.07) is 7.75. The predicted molar refractivity (Wildman–Crippen MR) is 73.4 cm³/mol. The van der Waals surface area contributed by atoms with Crippen LogP contribution in [0.1, 0.15) is 11.4 Å². The molecule has 6 heteroatoms. The molecule has 0 unspecified atom stereocenters. The molecule has 0 aliphatic rings. The van der Waals surface area contributed by atoms with E-state index < -0.39 is 0 Å². The molecular weight excluding hydrogens is 240 g/mol. The first-order chi connectivity index (χ1) is 9.20. The van der Waals surface area contributed by atoms with E-state index in [1.54, 1.807) is 6.33 Å². The standard InChI is InChI=1S/C13H16N6/c1-19-9-17-18-13(19)5-7-16-11-2-3-12(15)10(8-11)4-6-14/h2-3,8-9,16H,4-5,7,15H2,1H3. The maximum absolute atomic E-state index is 8.72. The zero-order valence-electron chi connectivity index (χ0n) is 10.8. The maximum Gasteiger partial charge on any atom is 0.134 e. The van der Waals surface area contributed by atoms with Gasteiger partial charge in [-0.15, -0.1) is 10.2 Å². The minimum absolute atomic E-state index is 0.324. The van der Waals surface area contributed by atoms with Crippen molar-refractivity contribution in [1.82, 2.24) is 14.8 Å². The van der Waals surface area contributed by atoms with Crippen molar-refractivity contribution >= 4 is 11.4 Å². The van der Waals surface area contributed by atoms with Gasteiger partial charge >= 0.3 is 0 Å². The van der Waals surface area contributed by atoms with E-state index in [-0.39, 0.29) is 0 Å². The molecule has 19 heavy (non-hydrogen) atoms. The van der Waals surface area contributed by atoms with Crippen LogP contribution in [0.2, 0.25) is 0 Å². The number of hydrogen-bond acceptors (Lipinski definition) is 5. The van der Waals surface area contributed by atoms with Gasteiger partial charge in [0.1, 0.15) is 12.2 Å². The van der Waals surface area contributed by atoms with Crippen LogP contribution in [0.5, 0.6) is 0 Å². The Hall–Kier alpha value is -2.55. The first kappa shape index (κ1) is 12.9. The molecule has 1 aromatic heterocycles. The van der Waals surface area contributed by atoms with Crippen LogP contribution in [0.15, 0.2) is 24.5 Å². The zero-order valence-corrected chi connectivity index (χ0v) is 10.8. The van der Waals surface area contributed by atoms with E-state index in [4.69, 9.17) is 11.0 Å². The summed E-state index contributed by atoms with van der Waals surface area (Å²) in [4.78, 5) is 0. The first-order valence-corrected chi connectivity index (χ1v) is 6.03. The molecule has 0 amide bonds. The molecule has 0 spiro atoms. The number of rotatable bonds is 5. The van der Waals surface area contributed by atoms with Crippen LogP contribution in [0.3, 0.4) is 0 Å². The lowest BCUT2D eigenvalue weighted by molar-refractivity contribution is 0.788. The van der Waals surface area contributed by atoms with Gasteiger partial charge in [0.15, 0.2) is 0 Å². The van der Waals surface area contributed by atoms with Gasteiger partial charge in [-0.05, 0) is 23.8 Å². The second-order valence-corrected chi connectivity index (χ2v) is 4.28. The van der Waals surface area contributed by atoms with Crippen molar-refractivity contribution < 1.29 is 0 Å². The third-order valence-electron chi connectivity index (χ3n) is 2.90. The number of nitrogens with one attached hydrogen (secondary N) is 1. The molecule has 2 rings (SSSR count). The highest BCUT2D eigenvalue weighted by molar-refractivity contribution is 5.58. The lowest BCUT2D eigenvalue weighted by Gasteiger charge is -2.09. The number of nitriles is 1. The Kier molecular flexibility index (Phi) is 3.98. The normalized spacial score (nSPS) is 10.1. The summed E-state index contributed by atoms with van der Waals surface area (Å²) in [6.07, 6.45) is 2.79. The highest BCUT2D eigenvalue weighted by atomic mass is 15.2. The van der Waals surface area contributed by atoms with E-state index in [1.165, 1.54) is 0 Å². The van der Waals surface area contributed by atoms with Crippen LogP contribution >= 0.6 is 0 Å². The molecule has 1 heterocycles. The molecule has 0 bridgehead atoms. The van der Waals surface area contributed by atoms with E-state index in [0.29, 0.717) is 12.1 Å². The molecule has 98 valence electrons. The third kappa shape index (κ3) is 3.22. The van der Waals surface area contributed by atoms with Crippen molar-refractivity contribution in [2.24, 2.45) is 7.05 Å². The minimum atomic E-state index is 0.324. The molecule has 0 aliphatic carbocycles. The van der Waals surface area contributed by atoms with Crippen molar-refractivity contribution in [3.63, 3.8) is 0 Å². The van der Waals surface area contributed by atoms with Crippen LogP contribution in [0.4, 0.5) is 11.4 Å². The summed E-state index contributed by atoms with van der Waals surface area (Å²) in [5, 5.41) is 19.9. The quantitative estimate of drug-likeness (QED) is 0.782. The molecule has 2 aromatic rings. The van der Waals surface area contributed by atoms with Gasteiger partial charge in [0.2, 0.25) is 0 Å². The van der Waals surface area contributed by atoms with E-state index in [9.17, 15) is 0 Å². The Balaban J connectivity index is 1.95. The molecule has 1 aromatic carbocycles. The lowest BCUT2D eigenvalue weighted by Crippen LogP contribution is -2.09. The summed E-state index contributed by atoms with van der Waals surface area (Å²) >= 11 is 0. The SMILES string of the molecule is Cn1cnnc1CCNc1ccc(N)c(CC#N)c1. The number of nitrogens with zero attached hydrogens (tertiary/aromatic N) is 4. The van der Waals surface area contributed by atoms with Gasteiger partial charge in [0, 0.05) is 31.4 Å². The summed E-state index contributed by atoms with van der Waals surface area (Å²) in [5.74, 6) is 0.931. The topological polar surface area (TPSA) is 92.6 Å². The van der Waals surface area contributed by atoms with Crippen LogP contribution in [0, 0.1) is 11.3 Å². The van der Waals surface area contributed by atoms with Crippen LogP contribution in [0.25, 0.3) is 0 Å². The van der Waals surface area contributed by atoms with Gasteiger partial charge in [-0.2, -0.15) is 5.26 Å². The number of anilines is 2. The Labute approximate surface area is 111 Å². The minimum Gasteiger partial charge on any atom is -0.398 e. The molecule has 0 radical (unpaired) electrons. The molecule has 0 fully saturated rings. The smallest absolute Gasteiger partial charge is 0.134 e. The van der Waals surface area contributed by atoms with Gasteiger partial charge in [-0.3, -0.25) is 0 Å². The van der Waals surface area contributed by atoms with Gasteiger partial charge < -0.3 is 15.6 Å². The summed E-state index contributed by atoms with van der Waals surface area (Å²) in [7, 11) is 1.92. The Morgan fingerprint density at radius 2 is 2.32 bits per heavy atom. The number of nitrogens with two attached hydrogens (primary N) is 1. The number of hydrogen-bond donors (Lipinski definition) is 2. The fourth-order valence-corrected chi connectivity index (χ4v) is 1.81. The van der Waals surface area contributed by atoms with Crippen molar-refractivity contribution in [3.8, 4) is 6.07 Å². The fraction of sp³-hybridized carbons (Fsp3) is 0.308. The van der Waals surface area contributed by atoms with Crippen LogP contribution in [-0.2, 0) is 19.9 Å². The average Bonchev–Trinajstić information content (AvgIpc) is 2.79. The van der Waals surface area contributed by atoms with Crippen molar-refractivity contribution in [3.05, 3.63) is 35.9 Å². The van der Waals surface area contributed by atoms with E-state index >= 15 is 0 Å². The monoisotopic (exact) mass is 256 g/mol. The van der Waals surface area contributed by atoms with Crippen molar-refractivity contribution in [1.29, 1.82) is 5.26 Å². The van der Waals surface area contributed by atoms with Gasteiger partial charge in [-0.1, -0.05) is 0 Å². The second-order valence-electron chi connectivity index (χ2n) is 4.28. The number of aromatic nitrogens is 3.